The van der Waals surface area contributed by atoms with Crippen LogP contribution in [-0.2, 0) is 13.0 Å². The summed E-state index contributed by atoms with van der Waals surface area (Å²) in [4.78, 5) is 16.5. The van der Waals surface area contributed by atoms with Crippen LogP contribution in [0.3, 0.4) is 0 Å². The number of aromatic nitrogens is 3. The van der Waals surface area contributed by atoms with E-state index in [1.54, 1.807) is 22.9 Å². The van der Waals surface area contributed by atoms with Crippen molar-refractivity contribution >= 4 is 33.3 Å². The van der Waals surface area contributed by atoms with Crippen molar-refractivity contribution in [3.63, 3.8) is 0 Å². The van der Waals surface area contributed by atoms with Crippen LogP contribution in [-0.4, -0.2) is 20.5 Å². The lowest BCUT2D eigenvalue weighted by molar-refractivity contribution is 0.0989. The van der Waals surface area contributed by atoms with E-state index >= 15 is 0 Å². The number of carbonyl (C=O) groups excluding carboxylic acids is 1. The first kappa shape index (κ1) is 15.2. The molecule has 1 heterocycles. The Balaban J connectivity index is 2.17. The van der Waals surface area contributed by atoms with Crippen LogP contribution in [0.4, 0.5) is 0 Å². The lowest BCUT2D eigenvalue weighted by Crippen LogP contribution is -2.14. The number of benzene rings is 1. The van der Waals surface area contributed by atoms with Crippen molar-refractivity contribution in [2.24, 2.45) is 5.92 Å². The Morgan fingerprint density at radius 2 is 2.20 bits per heavy atom. The normalized spacial score (nSPS) is 11.1. The van der Waals surface area contributed by atoms with Crippen molar-refractivity contribution in [1.82, 2.24) is 14.8 Å². The van der Waals surface area contributed by atoms with Crippen molar-refractivity contribution in [3.8, 4) is 0 Å². The van der Waals surface area contributed by atoms with Gasteiger partial charge in [0.1, 0.15) is 12.2 Å². The maximum atomic E-state index is 12.3. The minimum atomic E-state index is -0.0551. The first-order valence-corrected chi connectivity index (χ1v) is 7.49. The van der Waals surface area contributed by atoms with Crippen molar-refractivity contribution in [3.05, 3.63) is 45.4 Å². The summed E-state index contributed by atoms with van der Waals surface area (Å²) in [6.45, 7) is 4.94. The standard InChI is InChI=1S/C14H15BrClN3O/c1-9(2)7-19-14(17-8-18-19)6-13(20)11-4-3-10(15)5-12(11)16/h3-5,8-9H,6-7H2,1-2H3. The van der Waals surface area contributed by atoms with Gasteiger partial charge in [-0.3, -0.25) is 4.79 Å². The minimum absolute atomic E-state index is 0.0551. The Morgan fingerprint density at radius 1 is 1.45 bits per heavy atom. The molecule has 0 aliphatic rings. The molecule has 0 N–H and O–H groups in total. The molecule has 0 atom stereocenters. The van der Waals surface area contributed by atoms with Crippen LogP contribution < -0.4 is 0 Å². The smallest absolute Gasteiger partial charge is 0.171 e. The maximum Gasteiger partial charge on any atom is 0.171 e. The molecule has 0 aliphatic carbocycles. The maximum absolute atomic E-state index is 12.3. The number of nitrogens with zero attached hydrogens (tertiary/aromatic N) is 3. The fraction of sp³-hybridized carbons (Fsp3) is 0.357. The summed E-state index contributed by atoms with van der Waals surface area (Å²) < 4.78 is 2.62. The van der Waals surface area contributed by atoms with E-state index < -0.39 is 0 Å². The largest absolute Gasteiger partial charge is 0.294 e. The number of hydrogen-bond acceptors (Lipinski definition) is 3. The van der Waals surface area contributed by atoms with E-state index in [9.17, 15) is 4.79 Å². The Labute approximate surface area is 131 Å². The summed E-state index contributed by atoms with van der Waals surface area (Å²) in [5, 5.41) is 4.60. The van der Waals surface area contributed by atoms with Gasteiger partial charge in [0.05, 0.1) is 11.4 Å². The summed E-state index contributed by atoms with van der Waals surface area (Å²) in [5.74, 6) is 1.06. The van der Waals surface area contributed by atoms with Crippen LogP contribution in [0, 0.1) is 5.92 Å². The Kier molecular flexibility index (Phi) is 4.94. The molecule has 20 heavy (non-hydrogen) atoms. The fourth-order valence-corrected chi connectivity index (χ4v) is 2.66. The van der Waals surface area contributed by atoms with Crippen LogP contribution in [0.1, 0.15) is 30.0 Å². The van der Waals surface area contributed by atoms with E-state index in [1.165, 1.54) is 6.33 Å². The van der Waals surface area contributed by atoms with Gasteiger partial charge in [0.25, 0.3) is 0 Å². The van der Waals surface area contributed by atoms with Gasteiger partial charge in [-0.15, -0.1) is 0 Å². The highest BCUT2D eigenvalue weighted by atomic mass is 79.9. The third kappa shape index (κ3) is 3.67. The quantitative estimate of drug-likeness (QED) is 0.766. The van der Waals surface area contributed by atoms with Gasteiger partial charge in [-0.2, -0.15) is 5.10 Å². The van der Waals surface area contributed by atoms with Gasteiger partial charge >= 0.3 is 0 Å². The molecule has 0 radical (unpaired) electrons. The number of hydrogen-bond donors (Lipinski definition) is 0. The van der Waals surface area contributed by atoms with Crippen LogP contribution in [0.25, 0.3) is 0 Å². The van der Waals surface area contributed by atoms with E-state index in [-0.39, 0.29) is 12.2 Å². The van der Waals surface area contributed by atoms with E-state index in [0.29, 0.717) is 22.3 Å². The van der Waals surface area contributed by atoms with Gasteiger partial charge in [0, 0.05) is 16.6 Å². The summed E-state index contributed by atoms with van der Waals surface area (Å²) >= 11 is 9.42. The SMILES string of the molecule is CC(C)Cn1ncnc1CC(=O)c1ccc(Br)cc1Cl. The zero-order chi connectivity index (χ0) is 14.7. The first-order chi connectivity index (χ1) is 9.47. The van der Waals surface area contributed by atoms with Crippen molar-refractivity contribution in [1.29, 1.82) is 0 Å². The molecule has 0 saturated carbocycles. The van der Waals surface area contributed by atoms with Gasteiger partial charge in [0.2, 0.25) is 0 Å². The third-order valence-electron chi connectivity index (χ3n) is 2.78. The molecular weight excluding hydrogens is 342 g/mol. The lowest BCUT2D eigenvalue weighted by atomic mass is 10.1. The number of halogens is 2. The van der Waals surface area contributed by atoms with Gasteiger partial charge < -0.3 is 0 Å². The van der Waals surface area contributed by atoms with Crippen molar-refractivity contribution < 1.29 is 4.79 Å². The molecule has 106 valence electrons. The summed E-state index contributed by atoms with van der Waals surface area (Å²) in [5.41, 5.74) is 0.508. The number of carbonyl (C=O) groups is 1. The third-order valence-corrected chi connectivity index (χ3v) is 3.59. The van der Waals surface area contributed by atoms with Crippen LogP contribution >= 0.6 is 27.5 Å². The molecule has 2 rings (SSSR count). The van der Waals surface area contributed by atoms with E-state index in [4.69, 9.17) is 11.6 Å². The van der Waals surface area contributed by atoms with Crippen LogP contribution in [0.15, 0.2) is 29.0 Å². The molecule has 0 saturated heterocycles. The van der Waals surface area contributed by atoms with Crippen molar-refractivity contribution in [2.75, 3.05) is 0 Å². The Morgan fingerprint density at radius 3 is 2.85 bits per heavy atom. The summed E-state index contributed by atoms with van der Waals surface area (Å²) in [7, 11) is 0. The highest BCUT2D eigenvalue weighted by Crippen LogP contribution is 2.22. The molecule has 6 heteroatoms. The zero-order valence-electron chi connectivity index (χ0n) is 11.3. The average molecular weight is 357 g/mol. The Bertz CT molecular complexity index is 625. The van der Waals surface area contributed by atoms with Crippen LogP contribution in [0.5, 0.6) is 0 Å². The summed E-state index contributed by atoms with van der Waals surface area (Å²) in [6, 6.07) is 5.24. The number of ketones is 1. The minimum Gasteiger partial charge on any atom is -0.294 e. The molecule has 0 spiro atoms. The number of rotatable bonds is 5. The Hall–Kier alpha value is -1.20. The summed E-state index contributed by atoms with van der Waals surface area (Å²) in [6.07, 6.45) is 1.68. The van der Waals surface area contributed by atoms with Gasteiger partial charge in [-0.25, -0.2) is 9.67 Å². The highest BCUT2D eigenvalue weighted by molar-refractivity contribution is 9.10. The lowest BCUT2D eigenvalue weighted by Gasteiger charge is -2.08. The first-order valence-electron chi connectivity index (χ1n) is 6.32. The van der Waals surface area contributed by atoms with Crippen LogP contribution in [0.2, 0.25) is 5.02 Å². The molecule has 0 fully saturated rings. The predicted octanol–water partition coefficient (Wildman–Crippen LogP) is 3.78. The second kappa shape index (κ2) is 6.50. The molecule has 0 aliphatic heterocycles. The molecule has 0 unspecified atom stereocenters. The molecule has 1 aromatic carbocycles. The molecule has 2 aromatic rings. The molecular formula is C14H15BrClN3O. The van der Waals surface area contributed by atoms with E-state index in [0.717, 1.165) is 11.0 Å². The van der Waals surface area contributed by atoms with Gasteiger partial charge in [0.15, 0.2) is 5.78 Å². The molecule has 0 amide bonds. The van der Waals surface area contributed by atoms with E-state index in [2.05, 4.69) is 39.9 Å². The second-order valence-corrected chi connectivity index (χ2v) is 6.30. The fourth-order valence-electron chi connectivity index (χ4n) is 1.88. The highest BCUT2D eigenvalue weighted by Gasteiger charge is 2.15. The monoisotopic (exact) mass is 355 g/mol. The van der Waals surface area contributed by atoms with Gasteiger partial charge in [-0.05, 0) is 24.1 Å². The van der Waals surface area contributed by atoms with Gasteiger partial charge in [-0.1, -0.05) is 41.4 Å². The number of Topliss-reactive ketones (excluding diaryl/α,β-unsaturated/α-hetero) is 1. The topological polar surface area (TPSA) is 47.8 Å². The van der Waals surface area contributed by atoms with Crippen molar-refractivity contribution in [2.45, 2.75) is 26.8 Å². The van der Waals surface area contributed by atoms with E-state index in [1.807, 2.05) is 0 Å². The molecule has 1 aromatic heterocycles. The zero-order valence-corrected chi connectivity index (χ0v) is 13.6. The predicted molar refractivity (Wildman–Crippen MR) is 82.0 cm³/mol. The second-order valence-electron chi connectivity index (χ2n) is 4.98. The molecule has 0 bridgehead atoms. The average Bonchev–Trinajstić information content (AvgIpc) is 2.75. The molecule has 4 nitrogen and oxygen atoms in total.